The minimum absolute atomic E-state index is 0.342. The largest absolute Gasteiger partial charge is 0.496 e. The maximum Gasteiger partial charge on any atom is 0.233 e. The first kappa shape index (κ1) is 29.5. The standard InChI is InChI=1S/C36H32N8O3/c1-37-46-32-20-17-29(23-11-5-8-14-26(23)32)40-35-42-34(39-28-16-19-31(45-3)25-13-7-4-10-22(25)28)43-36(44-35)41-30-18-21-33(47-38-2)27-15-9-6-12-24(27)30/h4-21,37-38H,1-3H3,(H3,39,40,41,42,43,44). The molecule has 0 fully saturated rings. The predicted octanol–water partition coefficient (Wildman–Crippen LogP) is 7.60. The Balaban J connectivity index is 1.32. The van der Waals surface area contributed by atoms with Crippen molar-refractivity contribution in [3.8, 4) is 17.2 Å². The molecule has 7 rings (SSSR count). The Labute approximate surface area is 270 Å². The van der Waals surface area contributed by atoms with Crippen molar-refractivity contribution >= 4 is 67.2 Å². The summed E-state index contributed by atoms with van der Waals surface area (Å²) in [6.07, 6.45) is 0. The molecule has 0 radical (unpaired) electrons. The zero-order valence-electron chi connectivity index (χ0n) is 26.0. The second-order valence-electron chi connectivity index (χ2n) is 10.5. The summed E-state index contributed by atoms with van der Waals surface area (Å²) >= 11 is 0. The number of hydroxylamine groups is 2. The number of nitrogens with one attached hydrogen (secondary N) is 5. The number of rotatable bonds is 11. The lowest BCUT2D eigenvalue weighted by molar-refractivity contribution is 0.227. The average molecular weight is 625 g/mol. The molecule has 7 aromatic rings. The number of fused-ring (bicyclic) bond motifs is 3. The highest BCUT2D eigenvalue weighted by Gasteiger charge is 2.15. The van der Waals surface area contributed by atoms with Crippen molar-refractivity contribution in [3.63, 3.8) is 0 Å². The SMILES string of the molecule is CNOc1ccc(Nc2nc(Nc3ccc(OC)c4ccccc34)nc(Nc3ccc(ONC)c4ccccc34)n2)c2ccccc12. The van der Waals surface area contributed by atoms with Gasteiger partial charge in [0.15, 0.2) is 11.5 Å². The Morgan fingerprint density at radius 2 is 0.723 bits per heavy atom. The maximum absolute atomic E-state index is 5.64. The number of nitrogens with zero attached hydrogens (tertiary/aromatic N) is 3. The number of methoxy groups -OCH3 is 1. The van der Waals surface area contributed by atoms with E-state index in [0.29, 0.717) is 29.3 Å². The molecule has 0 amide bonds. The molecule has 0 unspecified atom stereocenters. The van der Waals surface area contributed by atoms with E-state index in [0.717, 1.165) is 55.1 Å². The molecule has 1 heterocycles. The number of hydrogen-bond donors (Lipinski definition) is 5. The molecule has 234 valence electrons. The molecule has 0 saturated heterocycles. The van der Waals surface area contributed by atoms with Gasteiger partial charge in [0.25, 0.3) is 0 Å². The highest BCUT2D eigenvalue weighted by Crippen LogP contribution is 2.36. The normalized spacial score (nSPS) is 11.0. The number of aromatic nitrogens is 3. The number of ether oxygens (including phenoxy) is 1. The first-order valence-corrected chi connectivity index (χ1v) is 15.0. The van der Waals surface area contributed by atoms with Crippen molar-refractivity contribution in [2.24, 2.45) is 0 Å². The van der Waals surface area contributed by atoms with E-state index >= 15 is 0 Å². The third-order valence-electron chi connectivity index (χ3n) is 7.67. The third-order valence-corrected chi connectivity index (χ3v) is 7.67. The molecule has 0 spiro atoms. The maximum atomic E-state index is 5.64. The van der Waals surface area contributed by atoms with E-state index in [2.05, 4.69) is 26.9 Å². The summed E-state index contributed by atoms with van der Waals surface area (Å²) in [7, 11) is 5.12. The fourth-order valence-corrected chi connectivity index (χ4v) is 5.62. The first-order chi connectivity index (χ1) is 23.1. The molecule has 0 aliphatic carbocycles. The molecule has 11 nitrogen and oxygen atoms in total. The van der Waals surface area contributed by atoms with Gasteiger partial charge in [-0.2, -0.15) is 25.9 Å². The minimum atomic E-state index is 0.342. The van der Waals surface area contributed by atoms with Crippen LogP contribution in [0.5, 0.6) is 17.2 Å². The van der Waals surface area contributed by atoms with E-state index in [9.17, 15) is 0 Å². The third kappa shape index (κ3) is 5.96. The van der Waals surface area contributed by atoms with Crippen LogP contribution in [0, 0.1) is 0 Å². The van der Waals surface area contributed by atoms with E-state index in [-0.39, 0.29) is 0 Å². The molecule has 1 aromatic heterocycles. The van der Waals surface area contributed by atoms with Crippen LogP contribution in [0.2, 0.25) is 0 Å². The Morgan fingerprint density at radius 3 is 1.06 bits per heavy atom. The van der Waals surface area contributed by atoms with Crippen LogP contribution < -0.4 is 41.3 Å². The number of hydrogen-bond acceptors (Lipinski definition) is 11. The molecular formula is C36H32N8O3. The van der Waals surface area contributed by atoms with Crippen molar-refractivity contribution in [2.45, 2.75) is 0 Å². The second kappa shape index (κ2) is 13.1. The van der Waals surface area contributed by atoms with Crippen LogP contribution in [-0.4, -0.2) is 36.2 Å². The van der Waals surface area contributed by atoms with E-state index in [1.807, 2.05) is 109 Å². The summed E-state index contributed by atoms with van der Waals surface area (Å²) in [6.45, 7) is 0. The van der Waals surface area contributed by atoms with Crippen molar-refractivity contribution in [3.05, 3.63) is 109 Å². The van der Waals surface area contributed by atoms with Crippen molar-refractivity contribution in [2.75, 3.05) is 37.2 Å². The van der Waals surface area contributed by atoms with Gasteiger partial charge < -0.3 is 30.4 Å². The van der Waals surface area contributed by atoms with Gasteiger partial charge in [0, 0.05) is 63.5 Å². The summed E-state index contributed by atoms with van der Waals surface area (Å²) in [5, 5.41) is 15.9. The van der Waals surface area contributed by atoms with Gasteiger partial charge in [0.2, 0.25) is 17.8 Å². The second-order valence-corrected chi connectivity index (χ2v) is 10.5. The zero-order valence-corrected chi connectivity index (χ0v) is 26.0. The fraction of sp³-hybridized carbons (Fsp3) is 0.0833. The van der Waals surface area contributed by atoms with Gasteiger partial charge in [-0.1, -0.05) is 72.8 Å². The van der Waals surface area contributed by atoms with E-state index in [1.54, 1.807) is 21.2 Å². The van der Waals surface area contributed by atoms with E-state index in [4.69, 9.17) is 29.4 Å². The van der Waals surface area contributed by atoms with Crippen molar-refractivity contribution in [1.82, 2.24) is 25.9 Å². The fourth-order valence-electron chi connectivity index (χ4n) is 5.62. The number of benzene rings is 6. The molecule has 5 N–H and O–H groups in total. The molecule has 0 bridgehead atoms. The highest BCUT2D eigenvalue weighted by molar-refractivity contribution is 6.01. The summed E-state index contributed by atoms with van der Waals surface area (Å²) in [6, 6.07) is 35.5. The van der Waals surface area contributed by atoms with E-state index in [1.165, 1.54) is 0 Å². The first-order valence-electron chi connectivity index (χ1n) is 15.0. The molecule has 47 heavy (non-hydrogen) atoms. The summed E-state index contributed by atoms with van der Waals surface area (Å²) in [4.78, 5) is 25.7. The quantitative estimate of drug-likeness (QED) is 0.0914. The van der Waals surface area contributed by atoms with Gasteiger partial charge in [-0.3, -0.25) is 0 Å². The van der Waals surface area contributed by atoms with Gasteiger partial charge >= 0.3 is 0 Å². The minimum Gasteiger partial charge on any atom is -0.496 e. The van der Waals surface area contributed by atoms with Crippen LogP contribution in [0.25, 0.3) is 32.3 Å². The lowest BCUT2D eigenvalue weighted by Gasteiger charge is -2.16. The number of anilines is 6. The molecule has 0 atom stereocenters. The molecule has 6 aromatic carbocycles. The van der Waals surface area contributed by atoms with Crippen LogP contribution in [0.3, 0.4) is 0 Å². The van der Waals surface area contributed by atoms with Crippen LogP contribution in [0.15, 0.2) is 109 Å². The predicted molar refractivity (Wildman–Crippen MR) is 187 cm³/mol. The lowest BCUT2D eigenvalue weighted by atomic mass is 10.1. The van der Waals surface area contributed by atoms with Crippen LogP contribution >= 0.6 is 0 Å². The monoisotopic (exact) mass is 624 g/mol. The van der Waals surface area contributed by atoms with Crippen molar-refractivity contribution in [1.29, 1.82) is 0 Å². The Morgan fingerprint density at radius 1 is 0.404 bits per heavy atom. The van der Waals surface area contributed by atoms with Gasteiger partial charge in [0.1, 0.15) is 5.75 Å². The van der Waals surface area contributed by atoms with Gasteiger partial charge in [-0.05, 0) is 36.4 Å². The van der Waals surface area contributed by atoms with Gasteiger partial charge in [0.05, 0.1) is 7.11 Å². The average Bonchev–Trinajstić information content (AvgIpc) is 3.11. The smallest absolute Gasteiger partial charge is 0.233 e. The van der Waals surface area contributed by atoms with Gasteiger partial charge in [-0.25, -0.2) is 0 Å². The Hall–Kier alpha value is -6.17. The summed E-state index contributed by atoms with van der Waals surface area (Å²) in [5.41, 5.74) is 7.96. The molecule has 0 saturated carbocycles. The van der Waals surface area contributed by atoms with Crippen molar-refractivity contribution < 1.29 is 14.4 Å². The van der Waals surface area contributed by atoms with E-state index < -0.39 is 0 Å². The Bertz CT molecular complexity index is 2120. The topological polar surface area (TPSA) is 127 Å². The Kier molecular flexibility index (Phi) is 8.20. The summed E-state index contributed by atoms with van der Waals surface area (Å²) in [5.74, 6) is 3.22. The van der Waals surface area contributed by atoms with Crippen LogP contribution in [0.4, 0.5) is 34.9 Å². The lowest BCUT2D eigenvalue weighted by Crippen LogP contribution is -2.11. The van der Waals surface area contributed by atoms with Crippen LogP contribution in [-0.2, 0) is 0 Å². The molecule has 11 heteroatoms. The van der Waals surface area contributed by atoms with Gasteiger partial charge in [-0.15, -0.1) is 0 Å². The molecule has 0 aliphatic rings. The molecular weight excluding hydrogens is 592 g/mol. The zero-order chi connectivity index (χ0) is 32.2. The highest BCUT2D eigenvalue weighted by atomic mass is 16.6. The summed E-state index contributed by atoms with van der Waals surface area (Å²) < 4.78 is 5.61. The molecule has 0 aliphatic heterocycles. The van der Waals surface area contributed by atoms with Crippen LogP contribution in [0.1, 0.15) is 0 Å².